The van der Waals surface area contributed by atoms with Crippen LogP contribution in [0.5, 0.6) is 5.75 Å². The number of methoxy groups -OCH3 is 1. The van der Waals surface area contributed by atoms with Crippen molar-refractivity contribution in [3.63, 3.8) is 0 Å². The van der Waals surface area contributed by atoms with Gasteiger partial charge in [0, 0.05) is 4.83 Å². The van der Waals surface area contributed by atoms with E-state index in [1.807, 2.05) is 30.3 Å². The molecule has 1 aliphatic carbocycles. The van der Waals surface area contributed by atoms with E-state index < -0.39 is 6.04 Å². The van der Waals surface area contributed by atoms with Gasteiger partial charge in [0.1, 0.15) is 17.6 Å². The Balaban J connectivity index is 1.57. The number of alkyl halides is 1. The summed E-state index contributed by atoms with van der Waals surface area (Å²) in [5.41, 5.74) is 1.32. The number of nitrogens with zero attached hydrogens (tertiary/aromatic N) is 1. The Kier molecular flexibility index (Phi) is 4.93. The van der Waals surface area contributed by atoms with Crippen LogP contribution in [0.3, 0.4) is 0 Å². The Labute approximate surface area is 182 Å². The molecule has 156 valence electrons. The van der Waals surface area contributed by atoms with Crippen molar-refractivity contribution >= 4 is 27.6 Å². The summed E-state index contributed by atoms with van der Waals surface area (Å²) < 4.78 is 16.9. The molecule has 6 nitrogen and oxygen atoms in total. The highest BCUT2D eigenvalue weighted by Gasteiger charge is 2.52. The van der Waals surface area contributed by atoms with Gasteiger partial charge in [-0.25, -0.2) is 0 Å². The molecule has 5 rings (SSSR count). The number of fused-ring (bicyclic) bond motifs is 1. The number of amides is 1. The minimum atomic E-state index is -0.507. The van der Waals surface area contributed by atoms with Crippen LogP contribution in [0, 0.1) is 5.92 Å². The minimum Gasteiger partial charge on any atom is -0.497 e. The molecular formula is C23H22BrNO5. The summed E-state index contributed by atoms with van der Waals surface area (Å²) in [6.07, 6.45) is 3.78. The van der Waals surface area contributed by atoms with Crippen LogP contribution in [-0.4, -0.2) is 34.6 Å². The van der Waals surface area contributed by atoms with Crippen molar-refractivity contribution in [2.24, 2.45) is 5.92 Å². The zero-order chi connectivity index (χ0) is 20.8. The third kappa shape index (κ3) is 3.16. The average molecular weight is 472 g/mol. The molecule has 0 saturated heterocycles. The second-order valence-corrected chi connectivity index (χ2v) is 9.26. The topological polar surface area (TPSA) is 69.0 Å². The van der Waals surface area contributed by atoms with Crippen LogP contribution in [0.2, 0.25) is 0 Å². The van der Waals surface area contributed by atoms with Crippen LogP contribution in [0.15, 0.2) is 58.4 Å². The fraction of sp³-hybridized carbons (Fsp3) is 0.391. The molecule has 7 heteroatoms. The molecule has 0 spiro atoms. The maximum atomic E-state index is 13.6. The molecule has 1 saturated carbocycles. The SMILES string of the molecule is COc1ccc(C2C3=C(OC4CCC(Br)CC4C3=O)C(=O)N2Cc2ccco2)cc1. The summed E-state index contributed by atoms with van der Waals surface area (Å²) in [5, 5.41) is 0. The molecule has 3 aliphatic rings. The number of ketones is 1. The second-order valence-electron chi connectivity index (χ2n) is 7.97. The van der Waals surface area contributed by atoms with Gasteiger partial charge in [0.25, 0.3) is 5.91 Å². The van der Waals surface area contributed by atoms with Gasteiger partial charge in [-0.2, -0.15) is 0 Å². The first-order valence-electron chi connectivity index (χ1n) is 10.1. The third-order valence-corrected chi connectivity index (χ3v) is 7.05. The molecule has 30 heavy (non-hydrogen) atoms. The van der Waals surface area contributed by atoms with E-state index in [1.165, 1.54) is 0 Å². The summed E-state index contributed by atoms with van der Waals surface area (Å²) in [7, 11) is 1.61. The van der Waals surface area contributed by atoms with Crippen molar-refractivity contribution in [2.75, 3.05) is 7.11 Å². The van der Waals surface area contributed by atoms with Gasteiger partial charge in [-0.3, -0.25) is 9.59 Å². The molecule has 4 atom stereocenters. The van der Waals surface area contributed by atoms with Gasteiger partial charge in [-0.15, -0.1) is 0 Å². The normalized spacial score (nSPS) is 28.3. The summed E-state index contributed by atoms with van der Waals surface area (Å²) in [6.45, 7) is 0.266. The first kappa shape index (κ1) is 19.4. The number of hydrogen-bond acceptors (Lipinski definition) is 5. The Hall–Kier alpha value is -2.54. The summed E-state index contributed by atoms with van der Waals surface area (Å²) >= 11 is 3.66. The van der Waals surface area contributed by atoms with Gasteiger partial charge in [-0.05, 0) is 49.1 Å². The molecule has 1 aromatic carbocycles. The molecule has 1 aromatic heterocycles. The molecule has 1 fully saturated rings. The summed E-state index contributed by atoms with van der Waals surface area (Å²) in [6, 6.07) is 10.6. The molecule has 2 aromatic rings. The zero-order valence-corrected chi connectivity index (χ0v) is 18.1. The number of furan rings is 1. The highest BCUT2D eigenvalue weighted by molar-refractivity contribution is 9.09. The van der Waals surface area contributed by atoms with E-state index in [4.69, 9.17) is 13.9 Å². The van der Waals surface area contributed by atoms with Gasteiger partial charge in [-0.1, -0.05) is 28.1 Å². The van der Waals surface area contributed by atoms with E-state index in [1.54, 1.807) is 24.3 Å². The number of carbonyl (C=O) groups is 2. The monoisotopic (exact) mass is 471 g/mol. The lowest BCUT2D eigenvalue weighted by atomic mass is 9.77. The van der Waals surface area contributed by atoms with E-state index in [-0.39, 0.29) is 36.0 Å². The molecule has 2 aliphatic heterocycles. The number of carbonyl (C=O) groups excluding carboxylic acids is 2. The lowest BCUT2D eigenvalue weighted by Crippen LogP contribution is -2.41. The zero-order valence-electron chi connectivity index (χ0n) is 16.5. The second kappa shape index (κ2) is 7.61. The fourth-order valence-corrected chi connectivity index (χ4v) is 5.40. The van der Waals surface area contributed by atoms with Crippen LogP contribution < -0.4 is 4.74 Å². The summed E-state index contributed by atoms with van der Waals surface area (Å²) in [4.78, 5) is 28.9. The molecule has 4 unspecified atom stereocenters. The number of halogens is 1. The predicted molar refractivity (Wildman–Crippen MR) is 112 cm³/mol. The molecule has 1 amide bonds. The van der Waals surface area contributed by atoms with Crippen molar-refractivity contribution in [3.8, 4) is 5.75 Å². The first-order valence-corrected chi connectivity index (χ1v) is 11.0. The molecular weight excluding hydrogens is 450 g/mol. The Morgan fingerprint density at radius 3 is 2.67 bits per heavy atom. The quantitative estimate of drug-likeness (QED) is 0.626. The number of benzene rings is 1. The van der Waals surface area contributed by atoms with Gasteiger partial charge < -0.3 is 18.8 Å². The molecule has 0 bridgehead atoms. The summed E-state index contributed by atoms with van der Waals surface area (Å²) in [5.74, 6) is 1.14. The average Bonchev–Trinajstić information content (AvgIpc) is 3.37. The van der Waals surface area contributed by atoms with E-state index in [9.17, 15) is 9.59 Å². The van der Waals surface area contributed by atoms with Gasteiger partial charge in [0.2, 0.25) is 0 Å². The predicted octanol–water partition coefficient (Wildman–Crippen LogP) is 4.16. The number of Topliss-reactive ketones (excluding diaryl/α,β-unsaturated/α-hetero) is 1. The van der Waals surface area contributed by atoms with E-state index in [0.717, 1.165) is 30.6 Å². The van der Waals surface area contributed by atoms with Gasteiger partial charge in [0.05, 0.1) is 37.5 Å². The largest absolute Gasteiger partial charge is 0.497 e. The molecule has 0 radical (unpaired) electrons. The number of rotatable bonds is 4. The van der Waals surface area contributed by atoms with Crippen LogP contribution in [0.1, 0.15) is 36.6 Å². The number of ether oxygens (including phenoxy) is 2. The van der Waals surface area contributed by atoms with Crippen LogP contribution >= 0.6 is 15.9 Å². The van der Waals surface area contributed by atoms with Crippen molar-refractivity contribution in [1.29, 1.82) is 0 Å². The first-order chi connectivity index (χ1) is 14.6. The highest BCUT2D eigenvalue weighted by atomic mass is 79.9. The highest BCUT2D eigenvalue weighted by Crippen LogP contribution is 2.48. The lowest BCUT2D eigenvalue weighted by Gasteiger charge is -2.37. The standard InChI is InChI=1S/C23H22BrNO5/c1-28-15-7-4-13(5-8-15)20-19-21(26)17-11-14(24)6-9-18(17)30-22(19)23(27)25(20)12-16-3-2-10-29-16/h2-5,7-8,10,14,17-18,20H,6,9,11-12H2,1H3. The Bertz CT molecular complexity index is 997. The van der Waals surface area contributed by atoms with Crippen molar-refractivity contribution < 1.29 is 23.5 Å². The number of hydrogen-bond donors (Lipinski definition) is 0. The van der Waals surface area contributed by atoms with E-state index >= 15 is 0 Å². The fourth-order valence-electron chi connectivity index (χ4n) is 4.73. The molecule has 0 N–H and O–H groups in total. The van der Waals surface area contributed by atoms with Gasteiger partial charge in [0.15, 0.2) is 11.5 Å². The third-order valence-electron chi connectivity index (χ3n) is 6.22. The Morgan fingerprint density at radius 2 is 1.97 bits per heavy atom. The van der Waals surface area contributed by atoms with Gasteiger partial charge >= 0.3 is 0 Å². The maximum Gasteiger partial charge on any atom is 0.290 e. The Morgan fingerprint density at radius 1 is 1.17 bits per heavy atom. The van der Waals surface area contributed by atoms with Crippen LogP contribution in [0.25, 0.3) is 0 Å². The van der Waals surface area contributed by atoms with E-state index in [2.05, 4.69) is 15.9 Å². The maximum absolute atomic E-state index is 13.6. The minimum absolute atomic E-state index is 0.0292. The van der Waals surface area contributed by atoms with Crippen molar-refractivity contribution in [2.45, 2.75) is 42.8 Å². The molecule has 3 heterocycles. The smallest absolute Gasteiger partial charge is 0.290 e. The lowest BCUT2D eigenvalue weighted by molar-refractivity contribution is -0.135. The van der Waals surface area contributed by atoms with Crippen molar-refractivity contribution in [1.82, 2.24) is 4.90 Å². The van der Waals surface area contributed by atoms with Crippen LogP contribution in [-0.2, 0) is 20.9 Å². The van der Waals surface area contributed by atoms with Crippen molar-refractivity contribution in [3.05, 3.63) is 65.3 Å². The van der Waals surface area contributed by atoms with Crippen LogP contribution in [0.4, 0.5) is 0 Å². The van der Waals surface area contributed by atoms with E-state index in [0.29, 0.717) is 16.2 Å².